The number of hydrogen-bond donors (Lipinski definition) is 0. The van der Waals surface area contributed by atoms with Gasteiger partial charge in [0.05, 0.1) is 12.5 Å². The Morgan fingerprint density at radius 1 is 1.08 bits per heavy atom. The molecule has 0 saturated carbocycles. The Balaban J connectivity index is 0. The molecule has 0 aromatic rings. The Kier molecular flexibility index (Phi) is 9.99. The van der Waals surface area contributed by atoms with E-state index in [0.29, 0.717) is 0 Å². The number of rotatable bonds is 3. The minimum Gasteiger partial charge on any atom is -0.617 e. The first-order valence-corrected chi connectivity index (χ1v) is 6.37. The zero-order chi connectivity index (χ0) is 10.2. The van der Waals surface area contributed by atoms with E-state index in [9.17, 15) is 9.12 Å². The summed E-state index contributed by atoms with van der Waals surface area (Å²) in [5.41, 5.74) is 0. The van der Waals surface area contributed by atoms with Crippen LogP contribution in [0, 0.1) is 0 Å². The van der Waals surface area contributed by atoms with Crippen LogP contribution in [0.4, 0.5) is 0 Å². The van der Waals surface area contributed by atoms with Crippen molar-refractivity contribution in [1.82, 2.24) is 0 Å². The number of phosphoric acid groups is 1. The van der Waals surface area contributed by atoms with Gasteiger partial charge in [-0.3, -0.25) is 13.6 Å². The molecule has 0 N–H and O–H groups in total. The van der Waals surface area contributed by atoms with Crippen LogP contribution in [0.1, 0.15) is 0 Å². The maximum absolute atomic E-state index is 10.7. The van der Waals surface area contributed by atoms with E-state index in [1.165, 1.54) is 21.3 Å². The predicted octanol–water partition coefficient (Wildman–Crippen LogP) is 1.03. The fraction of sp³-hybridized carbons (Fsp3) is 1.00. The van der Waals surface area contributed by atoms with E-state index in [1.54, 1.807) is 12.5 Å². The fourth-order valence-electron chi connectivity index (χ4n) is 0.224. The van der Waals surface area contributed by atoms with Crippen LogP contribution in [-0.4, -0.2) is 38.4 Å². The van der Waals surface area contributed by atoms with E-state index < -0.39 is 19.0 Å². The van der Waals surface area contributed by atoms with Gasteiger partial charge in [-0.25, -0.2) is 4.57 Å². The second-order valence-corrected chi connectivity index (χ2v) is 5.21. The first kappa shape index (κ1) is 14.9. The average Bonchev–Trinajstić information content (AvgIpc) is 2.02. The maximum atomic E-state index is 10.7. The Hall–Kier alpha value is 0.420. The quantitative estimate of drug-likeness (QED) is 0.522. The molecule has 0 aliphatic rings. The molecule has 0 spiro atoms. The van der Waals surface area contributed by atoms with Crippen LogP contribution in [0.15, 0.2) is 0 Å². The molecule has 5 nitrogen and oxygen atoms in total. The molecule has 0 bridgehead atoms. The van der Waals surface area contributed by atoms with Crippen molar-refractivity contribution in [3.63, 3.8) is 0 Å². The van der Waals surface area contributed by atoms with Crippen molar-refractivity contribution in [2.75, 3.05) is 33.8 Å². The highest BCUT2D eigenvalue weighted by molar-refractivity contribution is 7.89. The molecule has 12 heavy (non-hydrogen) atoms. The lowest BCUT2D eigenvalue weighted by Crippen LogP contribution is -1.88. The van der Waals surface area contributed by atoms with Crippen molar-refractivity contribution >= 4 is 19.0 Å². The molecule has 0 atom stereocenters. The van der Waals surface area contributed by atoms with E-state index in [4.69, 9.17) is 0 Å². The van der Waals surface area contributed by atoms with Crippen molar-refractivity contribution in [3.8, 4) is 0 Å². The number of phosphoric ester groups is 1. The lowest BCUT2D eigenvalue weighted by atomic mass is 11.8. The van der Waals surface area contributed by atoms with Crippen LogP contribution < -0.4 is 0 Å². The van der Waals surface area contributed by atoms with Crippen LogP contribution in [-0.2, 0) is 29.3 Å². The second kappa shape index (κ2) is 8.04. The van der Waals surface area contributed by atoms with Crippen molar-refractivity contribution in [3.05, 3.63) is 0 Å². The molecule has 0 aliphatic heterocycles. The zero-order valence-corrected chi connectivity index (χ0v) is 9.61. The first-order chi connectivity index (χ1) is 5.41. The van der Waals surface area contributed by atoms with Crippen LogP contribution in [0.2, 0.25) is 0 Å². The smallest absolute Gasteiger partial charge is 0.473 e. The van der Waals surface area contributed by atoms with Gasteiger partial charge in [-0.2, -0.15) is 0 Å². The van der Waals surface area contributed by atoms with Crippen LogP contribution in [0.25, 0.3) is 0 Å². The summed E-state index contributed by atoms with van der Waals surface area (Å²) in [5, 5.41) is 0. The summed E-state index contributed by atoms with van der Waals surface area (Å²) in [7, 11) is 0.611. The Morgan fingerprint density at radius 3 is 1.25 bits per heavy atom. The molecule has 0 fully saturated rings. The monoisotopic (exact) mass is 218 g/mol. The molecule has 0 aromatic carbocycles. The normalized spacial score (nSPS) is 10.9. The molecule has 0 unspecified atom stereocenters. The minimum atomic E-state index is -3.16. The molecule has 7 heteroatoms. The third kappa shape index (κ3) is 10.4. The Morgan fingerprint density at radius 2 is 1.25 bits per heavy atom. The second-order valence-electron chi connectivity index (χ2n) is 1.74. The van der Waals surface area contributed by atoms with Gasteiger partial charge < -0.3 is 4.55 Å². The molecule has 0 rings (SSSR count). The molecule has 76 valence electrons. The standard InChI is InChI=1S/C3H9O4P.C2H6OS/c1-5-8(4,6-2)7-3;1-4(2)3/h1-3H3;1-2H3. The van der Waals surface area contributed by atoms with Gasteiger partial charge in [0.2, 0.25) is 0 Å². The summed E-state index contributed by atoms with van der Waals surface area (Å²) in [6.45, 7) is 0. The molecule has 0 amide bonds. The van der Waals surface area contributed by atoms with Gasteiger partial charge in [0, 0.05) is 21.3 Å². The lowest BCUT2D eigenvalue weighted by molar-refractivity contribution is 0.178. The van der Waals surface area contributed by atoms with Gasteiger partial charge in [-0.1, -0.05) is 11.2 Å². The summed E-state index contributed by atoms with van der Waals surface area (Å²) in [4.78, 5) is 0. The van der Waals surface area contributed by atoms with Gasteiger partial charge >= 0.3 is 7.82 Å². The maximum Gasteiger partial charge on any atom is 0.473 e. The van der Waals surface area contributed by atoms with Gasteiger partial charge in [0.25, 0.3) is 0 Å². The van der Waals surface area contributed by atoms with Gasteiger partial charge in [0.1, 0.15) is 0 Å². The summed E-state index contributed by atoms with van der Waals surface area (Å²) < 4.78 is 33.2. The predicted molar refractivity (Wildman–Crippen MR) is 48.6 cm³/mol. The topological polar surface area (TPSA) is 67.8 Å². The summed E-state index contributed by atoms with van der Waals surface area (Å²) in [5.74, 6) is 0. The molecular formula is C5H15O5PS. The molecule has 0 heterocycles. The third-order valence-corrected chi connectivity index (χ3v) is 2.01. The van der Waals surface area contributed by atoms with Gasteiger partial charge in [-0.15, -0.1) is 0 Å². The van der Waals surface area contributed by atoms with E-state index in [1.807, 2.05) is 0 Å². The molecule has 0 saturated heterocycles. The van der Waals surface area contributed by atoms with Gasteiger partial charge in [0.15, 0.2) is 0 Å². The highest BCUT2D eigenvalue weighted by atomic mass is 32.2. The lowest BCUT2D eigenvalue weighted by Gasteiger charge is -2.08. The Labute approximate surface area is 76.2 Å². The van der Waals surface area contributed by atoms with Crippen LogP contribution >= 0.6 is 7.82 Å². The molecular weight excluding hydrogens is 203 g/mol. The number of hydrogen-bond acceptors (Lipinski definition) is 5. The van der Waals surface area contributed by atoms with Crippen LogP contribution in [0.3, 0.4) is 0 Å². The first-order valence-electron chi connectivity index (χ1n) is 2.94. The summed E-state index contributed by atoms with van der Waals surface area (Å²) >= 11 is -0.611. The van der Waals surface area contributed by atoms with Crippen molar-refractivity contribution in [1.29, 1.82) is 0 Å². The van der Waals surface area contributed by atoms with Gasteiger partial charge in [-0.05, 0) is 0 Å². The van der Waals surface area contributed by atoms with E-state index in [-0.39, 0.29) is 0 Å². The largest absolute Gasteiger partial charge is 0.617 e. The van der Waals surface area contributed by atoms with Crippen molar-refractivity contribution in [2.45, 2.75) is 0 Å². The van der Waals surface area contributed by atoms with Crippen LogP contribution in [0.5, 0.6) is 0 Å². The summed E-state index contributed by atoms with van der Waals surface area (Å²) in [6.07, 6.45) is 3.28. The molecule has 0 aliphatic carbocycles. The van der Waals surface area contributed by atoms with Crippen molar-refractivity contribution < 1.29 is 22.7 Å². The Bertz CT molecular complexity index is 118. The van der Waals surface area contributed by atoms with E-state index >= 15 is 0 Å². The highest BCUT2D eigenvalue weighted by Gasteiger charge is 2.18. The fourth-order valence-corrected chi connectivity index (χ4v) is 0.671. The molecule has 0 aromatic heterocycles. The SMILES string of the molecule is COP(=O)(OC)OC.C[S+](C)[O-]. The molecule has 0 radical (unpaired) electrons. The average molecular weight is 218 g/mol. The van der Waals surface area contributed by atoms with E-state index in [0.717, 1.165) is 0 Å². The zero-order valence-electron chi connectivity index (χ0n) is 7.90. The van der Waals surface area contributed by atoms with Crippen molar-refractivity contribution in [2.24, 2.45) is 0 Å². The highest BCUT2D eigenvalue weighted by Crippen LogP contribution is 2.46. The summed E-state index contributed by atoms with van der Waals surface area (Å²) in [6, 6.07) is 0. The van der Waals surface area contributed by atoms with E-state index in [2.05, 4.69) is 13.6 Å². The minimum absolute atomic E-state index is 0.611. The third-order valence-electron chi connectivity index (χ3n) is 0.671.